The molecule has 1 fully saturated rings. The lowest BCUT2D eigenvalue weighted by Crippen LogP contribution is -2.31. The maximum atomic E-state index is 12.6. The van der Waals surface area contributed by atoms with Crippen molar-refractivity contribution in [2.75, 3.05) is 19.6 Å². The van der Waals surface area contributed by atoms with Crippen molar-refractivity contribution in [2.24, 2.45) is 0 Å². The van der Waals surface area contributed by atoms with E-state index in [0.29, 0.717) is 5.56 Å². The molecule has 0 spiro atoms. The molecule has 1 unspecified atom stereocenters. The molecular weight excluding hydrogens is 400 g/mol. The minimum atomic E-state index is -0.000417. The number of benzene rings is 2. The van der Waals surface area contributed by atoms with Crippen molar-refractivity contribution in [3.8, 4) is 0 Å². The lowest BCUT2D eigenvalue weighted by molar-refractivity contribution is 0.0933. The number of unbranched alkanes of at least 4 members (excludes halogenated alkanes) is 1. The van der Waals surface area contributed by atoms with Gasteiger partial charge in [-0.1, -0.05) is 52.7 Å². The summed E-state index contributed by atoms with van der Waals surface area (Å²) in [6.07, 6.45) is 7.34. The van der Waals surface area contributed by atoms with Crippen LogP contribution in [-0.4, -0.2) is 30.4 Å². The van der Waals surface area contributed by atoms with E-state index in [9.17, 15) is 4.79 Å². The second-order valence-corrected chi connectivity index (χ2v) is 8.26. The Morgan fingerprint density at radius 1 is 0.963 bits per heavy atom. The van der Waals surface area contributed by atoms with E-state index in [1.807, 2.05) is 42.5 Å². The Morgan fingerprint density at radius 2 is 1.67 bits per heavy atom. The average Bonchev–Trinajstić information content (AvgIpc) is 2.72. The van der Waals surface area contributed by atoms with Gasteiger partial charge in [0.2, 0.25) is 0 Å². The molecule has 27 heavy (non-hydrogen) atoms. The van der Waals surface area contributed by atoms with Crippen LogP contribution in [0.3, 0.4) is 0 Å². The molecule has 3 nitrogen and oxygen atoms in total. The van der Waals surface area contributed by atoms with Gasteiger partial charge in [0.25, 0.3) is 5.91 Å². The van der Waals surface area contributed by atoms with Gasteiger partial charge in [0, 0.05) is 10.0 Å². The van der Waals surface area contributed by atoms with Gasteiger partial charge < -0.3 is 10.2 Å². The van der Waals surface area contributed by atoms with Gasteiger partial charge in [0.15, 0.2) is 0 Å². The highest BCUT2D eigenvalue weighted by molar-refractivity contribution is 9.10. The quantitative estimate of drug-likeness (QED) is 0.556. The Kier molecular flexibility index (Phi) is 7.91. The molecule has 1 aliphatic heterocycles. The van der Waals surface area contributed by atoms with E-state index in [-0.39, 0.29) is 11.9 Å². The van der Waals surface area contributed by atoms with Gasteiger partial charge in [-0.3, -0.25) is 4.79 Å². The second kappa shape index (κ2) is 10.6. The summed E-state index contributed by atoms with van der Waals surface area (Å²) in [6, 6.07) is 17.8. The Bertz CT molecular complexity index is 696. The summed E-state index contributed by atoms with van der Waals surface area (Å²) in [4.78, 5) is 15.2. The van der Waals surface area contributed by atoms with Crippen LogP contribution in [0.1, 0.15) is 60.5 Å². The molecular formula is C23H29BrN2O. The predicted octanol–water partition coefficient (Wildman–Crippen LogP) is 5.58. The predicted molar refractivity (Wildman–Crippen MR) is 115 cm³/mol. The highest BCUT2D eigenvalue weighted by Crippen LogP contribution is 2.23. The van der Waals surface area contributed by atoms with E-state index in [2.05, 4.69) is 38.3 Å². The van der Waals surface area contributed by atoms with Gasteiger partial charge in [-0.25, -0.2) is 0 Å². The van der Waals surface area contributed by atoms with E-state index in [1.165, 1.54) is 50.9 Å². The smallest absolute Gasteiger partial charge is 0.251 e. The number of piperidine rings is 1. The zero-order valence-electron chi connectivity index (χ0n) is 15.9. The molecule has 0 aliphatic carbocycles. The summed E-state index contributed by atoms with van der Waals surface area (Å²) >= 11 is 3.50. The fraction of sp³-hybridized carbons (Fsp3) is 0.435. The van der Waals surface area contributed by atoms with Crippen LogP contribution in [0.25, 0.3) is 0 Å². The van der Waals surface area contributed by atoms with E-state index in [0.717, 1.165) is 17.3 Å². The molecule has 1 saturated heterocycles. The Balaban J connectivity index is 1.57. The first-order valence-electron chi connectivity index (χ1n) is 10.1. The van der Waals surface area contributed by atoms with Crippen LogP contribution in [-0.2, 0) is 0 Å². The number of carbonyl (C=O) groups excluding carboxylic acids is 1. The van der Waals surface area contributed by atoms with Crippen molar-refractivity contribution >= 4 is 21.8 Å². The molecule has 2 aromatic rings. The summed E-state index contributed by atoms with van der Waals surface area (Å²) in [6.45, 7) is 3.68. The molecule has 2 aromatic carbocycles. The third-order valence-corrected chi connectivity index (χ3v) is 5.81. The number of carbonyl (C=O) groups is 1. The number of rotatable bonds is 8. The highest BCUT2D eigenvalue weighted by atomic mass is 79.9. The van der Waals surface area contributed by atoms with Gasteiger partial charge in [-0.2, -0.15) is 0 Å². The van der Waals surface area contributed by atoms with Crippen LogP contribution >= 0.6 is 15.9 Å². The largest absolute Gasteiger partial charge is 0.345 e. The zero-order valence-corrected chi connectivity index (χ0v) is 17.5. The van der Waals surface area contributed by atoms with Gasteiger partial charge in [0.05, 0.1) is 6.04 Å². The lowest BCUT2D eigenvalue weighted by atomic mass is 10.00. The maximum Gasteiger partial charge on any atom is 0.251 e. The van der Waals surface area contributed by atoms with Crippen molar-refractivity contribution < 1.29 is 4.79 Å². The van der Waals surface area contributed by atoms with Crippen molar-refractivity contribution in [1.82, 2.24) is 10.2 Å². The fourth-order valence-electron chi connectivity index (χ4n) is 3.72. The molecule has 1 N–H and O–H groups in total. The van der Waals surface area contributed by atoms with E-state index < -0.39 is 0 Å². The van der Waals surface area contributed by atoms with Gasteiger partial charge in [-0.15, -0.1) is 0 Å². The van der Waals surface area contributed by atoms with Gasteiger partial charge in [0.1, 0.15) is 0 Å². The SMILES string of the molecule is O=C(NC(CCCCN1CCCCC1)c1ccc(Br)cc1)c1ccccc1. The molecule has 144 valence electrons. The third-order valence-electron chi connectivity index (χ3n) is 5.28. The second-order valence-electron chi connectivity index (χ2n) is 7.34. The summed E-state index contributed by atoms with van der Waals surface area (Å²) in [7, 11) is 0. The number of halogens is 1. The van der Waals surface area contributed by atoms with Crippen molar-refractivity contribution in [3.05, 3.63) is 70.2 Å². The summed E-state index contributed by atoms with van der Waals surface area (Å²) < 4.78 is 1.06. The molecule has 0 bridgehead atoms. The highest BCUT2D eigenvalue weighted by Gasteiger charge is 2.16. The topological polar surface area (TPSA) is 32.3 Å². The lowest BCUT2D eigenvalue weighted by Gasteiger charge is -2.26. The first kappa shape index (κ1) is 20.1. The molecule has 1 amide bonds. The normalized spacial score (nSPS) is 16.0. The molecule has 4 heteroatoms. The van der Waals surface area contributed by atoms with E-state index in [4.69, 9.17) is 0 Å². The molecule has 0 radical (unpaired) electrons. The third kappa shape index (κ3) is 6.47. The van der Waals surface area contributed by atoms with Crippen molar-refractivity contribution in [1.29, 1.82) is 0 Å². The Hall–Kier alpha value is -1.65. The number of amides is 1. The molecule has 3 rings (SSSR count). The number of likely N-dealkylation sites (tertiary alicyclic amines) is 1. The van der Waals surface area contributed by atoms with Crippen molar-refractivity contribution in [3.63, 3.8) is 0 Å². The van der Waals surface area contributed by atoms with Crippen LogP contribution in [0.5, 0.6) is 0 Å². The average molecular weight is 429 g/mol. The minimum absolute atomic E-state index is 0.000417. The summed E-state index contributed by atoms with van der Waals surface area (Å²) in [5.41, 5.74) is 1.88. The van der Waals surface area contributed by atoms with Crippen LogP contribution in [0.4, 0.5) is 0 Å². The van der Waals surface area contributed by atoms with Crippen LogP contribution in [0.2, 0.25) is 0 Å². The number of nitrogens with one attached hydrogen (secondary N) is 1. The molecule has 0 aromatic heterocycles. The molecule has 1 atom stereocenters. The monoisotopic (exact) mass is 428 g/mol. The molecule has 1 heterocycles. The van der Waals surface area contributed by atoms with E-state index in [1.54, 1.807) is 0 Å². The van der Waals surface area contributed by atoms with Crippen LogP contribution in [0.15, 0.2) is 59.1 Å². The Labute approximate surface area is 171 Å². The molecule has 1 aliphatic rings. The summed E-state index contributed by atoms with van der Waals surface area (Å²) in [5, 5.41) is 3.24. The maximum absolute atomic E-state index is 12.6. The zero-order chi connectivity index (χ0) is 18.9. The standard InChI is InChI=1S/C23H29BrN2O/c24-21-14-12-19(13-15-21)22(25-23(27)20-9-3-1-4-10-20)11-5-8-18-26-16-6-2-7-17-26/h1,3-4,9-10,12-15,22H,2,5-8,11,16-18H2,(H,25,27). The van der Waals surface area contributed by atoms with Crippen molar-refractivity contribution in [2.45, 2.75) is 44.6 Å². The number of hydrogen-bond acceptors (Lipinski definition) is 2. The summed E-state index contributed by atoms with van der Waals surface area (Å²) in [5.74, 6) is -0.000417. The number of nitrogens with zero attached hydrogens (tertiary/aromatic N) is 1. The van der Waals surface area contributed by atoms with Gasteiger partial charge in [-0.05, 0) is 81.6 Å². The van der Waals surface area contributed by atoms with Crippen LogP contribution < -0.4 is 5.32 Å². The fourth-order valence-corrected chi connectivity index (χ4v) is 3.98. The minimum Gasteiger partial charge on any atom is -0.345 e. The first-order valence-corrected chi connectivity index (χ1v) is 10.9. The Morgan fingerprint density at radius 3 is 2.37 bits per heavy atom. The molecule has 0 saturated carbocycles. The first-order chi connectivity index (χ1) is 13.2. The van der Waals surface area contributed by atoms with E-state index >= 15 is 0 Å². The van der Waals surface area contributed by atoms with Gasteiger partial charge >= 0.3 is 0 Å². The number of hydrogen-bond donors (Lipinski definition) is 1. The van der Waals surface area contributed by atoms with Crippen LogP contribution in [0, 0.1) is 0 Å².